The number of nitrogens with zero attached hydrogens (tertiary/aromatic N) is 2. The van der Waals surface area contributed by atoms with E-state index in [1.54, 1.807) is 12.5 Å². The van der Waals surface area contributed by atoms with Gasteiger partial charge in [0, 0.05) is 11.9 Å². The fourth-order valence-electron chi connectivity index (χ4n) is 1.17. The molecule has 0 bridgehead atoms. The number of rotatable bonds is 3. The van der Waals surface area contributed by atoms with Gasteiger partial charge in [0.2, 0.25) is 0 Å². The van der Waals surface area contributed by atoms with Crippen LogP contribution in [-0.2, 0) is 0 Å². The van der Waals surface area contributed by atoms with Gasteiger partial charge in [0.15, 0.2) is 0 Å². The van der Waals surface area contributed by atoms with Crippen molar-refractivity contribution < 1.29 is 5.11 Å². The maximum Gasteiger partial charge on any atom is 0.0951 e. The lowest BCUT2D eigenvalue weighted by molar-refractivity contribution is 0.223. The summed E-state index contributed by atoms with van der Waals surface area (Å²) in [7, 11) is 0. The smallest absolute Gasteiger partial charge is 0.0951 e. The summed E-state index contributed by atoms with van der Waals surface area (Å²) in [6.45, 7) is 4.24. The molecule has 1 heterocycles. The average molecular weight is 154 g/mol. The third kappa shape index (κ3) is 1.60. The van der Waals surface area contributed by atoms with E-state index in [9.17, 15) is 0 Å². The van der Waals surface area contributed by atoms with E-state index in [4.69, 9.17) is 5.11 Å². The Morgan fingerprint density at radius 2 is 2.45 bits per heavy atom. The minimum atomic E-state index is 0.188. The van der Waals surface area contributed by atoms with Crippen molar-refractivity contribution in [3.8, 4) is 0 Å². The van der Waals surface area contributed by atoms with Gasteiger partial charge in [-0.05, 0) is 13.3 Å². The highest BCUT2D eigenvalue weighted by Gasteiger charge is 2.07. The van der Waals surface area contributed by atoms with Gasteiger partial charge in [0.1, 0.15) is 0 Å². The monoisotopic (exact) mass is 154 g/mol. The van der Waals surface area contributed by atoms with Gasteiger partial charge >= 0.3 is 0 Å². The molecule has 0 amide bonds. The average Bonchev–Trinajstić information content (AvgIpc) is 2.40. The van der Waals surface area contributed by atoms with E-state index < -0.39 is 0 Å². The lowest BCUT2D eigenvalue weighted by atomic mass is 10.2. The second-order valence-corrected chi connectivity index (χ2v) is 2.69. The number of aromatic nitrogens is 2. The molecule has 0 aliphatic rings. The summed E-state index contributed by atoms with van der Waals surface area (Å²) < 4.78 is 2.00. The van der Waals surface area contributed by atoms with Crippen molar-refractivity contribution in [1.29, 1.82) is 0 Å². The minimum Gasteiger partial charge on any atom is -0.394 e. The fourth-order valence-corrected chi connectivity index (χ4v) is 1.17. The molecule has 11 heavy (non-hydrogen) atoms. The molecule has 1 rings (SSSR count). The van der Waals surface area contributed by atoms with Gasteiger partial charge in [-0.2, -0.15) is 0 Å². The first-order valence-corrected chi connectivity index (χ1v) is 3.88. The lowest BCUT2D eigenvalue weighted by Crippen LogP contribution is -2.12. The SMILES string of the molecule is CCC(CO)n1cncc1C. The largest absolute Gasteiger partial charge is 0.394 e. The Kier molecular flexibility index (Phi) is 2.65. The maximum absolute atomic E-state index is 8.97. The minimum absolute atomic E-state index is 0.188. The topological polar surface area (TPSA) is 38.0 Å². The van der Waals surface area contributed by atoms with Crippen molar-refractivity contribution in [2.24, 2.45) is 0 Å². The molecule has 0 aromatic carbocycles. The van der Waals surface area contributed by atoms with E-state index in [1.807, 2.05) is 11.5 Å². The Hall–Kier alpha value is -0.830. The molecular weight excluding hydrogens is 140 g/mol. The summed E-state index contributed by atoms with van der Waals surface area (Å²) in [5, 5.41) is 8.97. The molecule has 1 N–H and O–H groups in total. The van der Waals surface area contributed by atoms with Crippen molar-refractivity contribution in [2.75, 3.05) is 6.61 Å². The molecule has 0 aliphatic heterocycles. The zero-order valence-corrected chi connectivity index (χ0v) is 6.99. The second-order valence-electron chi connectivity index (χ2n) is 2.69. The van der Waals surface area contributed by atoms with E-state index in [0.29, 0.717) is 0 Å². The first-order valence-electron chi connectivity index (χ1n) is 3.88. The molecule has 0 fully saturated rings. The van der Waals surface area contributed by atoms with Gasteiger partial charge < -0.3 is 9.67 Å². The van der Waals surface area contributed by atoms with Crippen LogP contribution in [0, 0.1) is 6.92 Å². The van der Waals surface area contributed by atoms with Crippen LogP contribution in [0.2, 0.25) is 0 Å². The molecule has 3 nitrogen and oxygen atoms in total. The second kappa shape index (κ2) is 3.53. The van der Waals surface area contributed by atoms with E-state index in [2.05, 4.69) is 11.9 Å². The van der Waals surface area contributed by atoms with E-state index in [-0.39, 0.29) is 12.6 Å². The molecule has 0 saturated carbocycles. The Balaban J connectivity index is 2.81. The van der Waals surface area contributed by atoms with Gasteiger partial charge in [-0.15, -0.1) is 0 Å². The van der Waals surface area contributed by atoms with Gasteiger partial charge in [-0.25, -0.2) is 4.98 Å². The number of aryl methyl sites for hydroxylation is 1. The van der Waals surface area contributed by atoms with Crippen molar-refractivity contribution in [1.82, 2.24) is 9.55 Å². The number of aliphatic hydroxyl groups is 1. The summed E-state index contributed by atoms with van der Waals surface area (Å²) in [6.07, 6.45) is 4.51. The van der Waals surface area contributed by atoms with Crippen LogP contribution in [0.3, 0.4) is 0 Å². The van der Waals surface area contributed by atoms with E-state index in [1.165, 1.54) is 0 Å². The Morgan fingerprint density at radius 1 is 1.73 bits per heavy atom. The first kappa shape index (κ1) is 8.27. The van der Waals surface area contributed by atoms with Gasteiger partial charge in [-0.3, -0.25) is 0 Å². The van der Waals surface area contributed by atoms with E-state index in [0.717, 1.165) is 12.1 Å². The summed E-state index contributed by atoms with van der Waals surface area (Å²) in [5.74, 6) is 0. The lowest BCUT2D eigenvalue weighted by Gasteiger charge is -2.14. The molecule has 3 heteroatoms. The molecule has 1 unspecified atom stereocenters. The number of imidazole rings is 1. The van der Waals surface area contributed by atoms with Crippen LogP contribution >= 0.6 is 0 Å². The van der Waals surface area contributed by atoms with Gasteiger partial charge in [-0.1, -0.05) is 6.92 Å². The Labute approximate surface area is 66.7 Å². The van der Waals surface area contributed by atoms with Gasteiger partial charge in [0.25, 0.3) is 0 Å². The van der Waals surface area contributed by atoms with Crippen LogP contribution in [0.25, 0.3) is 0 Å². The molecular formula is C8H14N2O. The highest BCUT2D eigenvalue weighted by molar-refractivity contribution is 4.96. The molecule has 1 aromatic rings. The maximum atomic E-state index is 8.97. The Bertz CT molecular complexity index is 216. The quantitative estimate of drug-likeness (QED) is 0.708. The van der Waals surface area contributed by atoms with Gasteiger partial charge in [0.05, 0.1) is 19.0 Å². The van der Waals surface area contributed by atoms with Crippen LogP contribution in [0.15, 0.2) is 12.5 Å². The van der Waals surface area contributed by atoms with Crippen molar-refractivity contribution in [3.05, 3.63) is 18.2 Å². The number of aliphatic hydroxyl groups excluding tert-OH is 1. The summed E-state index contributed by atoms with van der Waals surface area (Å²) in [5.41, 5.74) is 1.10. The van der Waals surface area contributed by atoms with Crippen LogP contribution in [0.4, 0.5) is 0 Å². The number of hydrogen-bond acceptors (Lipinski definition) is 2. The number of hydrogen-bond donors (Lipinski definition) is 1. The molecule has 1 atom stereocenters. The van der Waals surface area contributed by atoms with Crippen LogP contribution in [0.5, 0.6) is 0 Å². The van der Waals surface area contributed by atoms with E-state index >= 15 is 0 Å². The van der Waals surface area contributed by atoms with Crippen LogP contribution in [-0.4, -0.2) is 21.3 Å². The third-order valence-corrected chi connectivity index (χ3v) is 1.94. The molecule has 62 valence electrons. The predicted molar refractivity (Wildman–Crippen MR) is 43.4 cm³/mol. The normalized spacial score (nSPS) is 13.4. The zero-order chi connectivity index (χ0) is 8.27. The summed E-state index contributed by atoms with van der Waals surface area (Å²) in [4.78, 5) is 3.99. The standard InChI is InChI=1S/C8H14N2O/c1-3-8(5-11)10-6-9-4-7(10)2/h4,6,8,11H,3,5H2,1-2H3. The highest BCUT2D eigenvalue weighted by Crippen LogP contribution is 2.11. The van der Waals surface area contributed by atoms with Crippen molar-refractivity contribution in [3.63, 3.8) is 0 Å². The van der Waals surface area contributed by atoms with Crippen LogP contribution in [0.1, 0.15) is 25.1 Å². The summed E-state index contributed by atoms with van der Waals surface area (Å²) >= 11 is 0. The molecule has 0 radical (unpaired) electrons. The fraction of sp³-hybridized carbons (Fsp3) is 0.625. The molecule has 0 saturated heterocycles. The van der Waals surface area contributed by atoms with Crippen LogP contribution < -0.4 is 0 Å². The third-order valence-electron chi connectivity index (χ3n) is 1.94. The molecule has 1 aromatic heterocycles. The predicted octanol–water partition coefficient (Wildman–Crippen LogP) is 1.13. The van der Waals surface area contributed by atoms with Crippen molar-refractivity contribution in [2.45, 2.75) is 26.3 Å². The highest BCUT2D eigenvalue weighted by atomic mass is 16.3. The first-order chi connectivity index (χ1) is 5.29. The molecule has 0 spiro atoms. The molecule has 0 aliphatic carbocycles. The van der Waals surface area contributed by atoms with Crippen molar-refractivity contribution >= 4 is 0 Å². The Morgan fingerprint density at radius 3 is 2.82 bits per heavy atom. The zero-order valence-electron chi connectivity index (χ0n) is 6.99. The summed E-state index contributed by atoms with van der Waals surface area (Å²) in [6, 6.07) is 0.192.